The largest absolute Gasteiger partial charge is 0.381 e. The first-order valence-corrected chi connectivity index (χ1v) is 8.63. The van der Waals surface area contributed by atoms with Crippen molar-refractivity contribution in [1.29, 1.82) is 0 Å². The van der Waals surface area contributed by atoms with Gasteiger partial charge in [-0.15, -0.1) is 0 Å². The third-order valence-corrected chi connectivity index (χ3v) is 4.55. The molecule has 1 fully saturated rings. The Kier molecular flexibility index (Phi) is 5.48. The van der Waals surface area contributed by atoms with E-state index in [-0.39, 0.29) is 0 Å². The Hall–Kier alpha value is -1.91. The first-order chi connectivity index (χ1) is 11.6. The zero-order chi connectivity index (χ0) is 16.9. The molecule has 0 aromatic heterocycles. The summed E-state index contributed by atoms with van der Waals surface area (Å²) in [6, 6.07) is 14.7. The molecular formula is C19H24ClN3O. The molecule has 1 aliphatic rings. The Balaban J connectivity index is 1.62. The standard InChI is InChI=1S/C19H24ClN3O/c1-22(2)17-6-3-15(4-7-17)14-21-16-5-8-19(18(20)13-16)23-9-11-24-12-10-23/h3-8,13,21H,9-12,14H2,1-2H3. The number of hydrogen-bond donors (Lipinski definition) is 1. The number of nitrogens with zero attached hydrogens (tertiary/aromatic N) is 2. The zero-order valence-corrected chi connectivity index (χ0v) is 15.0. The number of rotatable bonds is 5. The van der Waals surface area contributed by atoms with Crippen LogP contribution < -0.4 is 15.1 Å². The lowest BCUT2D eigenvalue weighted by atomic mass is 10.2. The fourth-order valence-corrected chi connectivity index (χ4v) is 3.09. The summed E-state index contributed by atoms with van der Waals surface area (Å²) in [4.78, 5) is 4.37. The predicted octanol–water partition coefficient (Wildman–Crippen LogP) is 3.85. The smallest absolute Gasteiger partial charge is 0.0660 e. The molecular weight excluding hydrogens is 322 g/mol. The number of nitrogens with one attached hydrogen (secondary N) is 1. The van der Waals surface area contributed by atoms with E-state index in [0.29, 0.717) is 0 Å². The van der Waals surface area contributed by atoms with E-state index in [1.165, 1.54) is 11.3 Å². The van der Waals surface area contributed by atoms with Crippen LogP contribution in [-0.4, -0.2) is 40.4 Å². The maximum atomic E-state index is 6.47. The maximum absolute atomic E-state index is 6.47. The Morgan fingerprint density at radius 3 is 2.42 bits per heavy atom. The third kappa shape index (κ3) is 4.13. The van der Waals surface area contributed by atoms with Gasteiger partial charge in [-0.05, 0) is 35.9 Å². The summed E-state index contributed by atoms with van der Waals surface area (Å²) in [6.45, 7) is 4.09. The van der Waals surface area contributed by atoms with Gasteiger partial charge in [-0.25, -0.2) is 0 Å². The molecule has 1 N–H and O–H groups in total. The van der Waals surface area contributed by atoms with Gasteiger partial charge in [0.2, 0.25) is 0 Å². The summed E-state index contributed by atoms with van der Waals surface area (Å²) >= 11 is 6.47. The van der Waals surface area contributed by atoms with Gasteiger partial charge in [0.1, 0.15) is 0 Å². The molecule has 0 bridgehead atoms. The van der Waals surface area contributed by atoms with Crippen molar-refractivity contribution in [2.24, 2.45) is 0 Å². The molecule has 1 saturated heterocycles. The van der Waals surface area contributed by atoms with E-state index in [1.54, 1.807) is 0 Å². The minimum absolute atomic E-state index is 0.763. The van der Waals surface area contributed by atoms with Crippen LogP contribution in [0, 0.1) is 0 Å². The van der Waals surface area contributed by atoms with Crippen LogP contribution in [0.15, 0.2) is 42.5 Å². The van der Waals surface area contributed by atoms with E-state index in [9.17, 15) is 0 Å². The molecule has 2 aromatic rings. The molecule has 3 rings (SSSR count). The van der Waals surface area contributed by atoms with Crippen LogP contribution in [0.2, 0.25) is 5.02 Å². The van der Waals surface area contributed by atoms with Crippen molar-refractivity contribution in [2.45, 2.75) is 6.54 Å². The van der Waals surface area contributed by atoms with Gasteiger partial charge in [0.25, 0.3) is 0 Å². The van der Waals surface area contributed by atoms with E-state index in [4.69, 9.17) is 16.3 Å². The van der Waals surface area contributed by atoms with Gasteiger partial charge in [0.15, 0.2) is 0 Å². The molecule has 0 unspecified atom stereocenters. The van der Waals surface area contributed by atoms with Crippen LogP contribution in [0.25, 0.3) is 0 Å². The molecule has 2 aromatic carbocycles. The number of anilines is 3. The second kappa shape index (κ2) is 7.77. The normalized spacial score (nSPS) is 14.5. The fourth-order valence-electron chi connectivity index (χ4n) is 2.79. The Morgan fingerprint density at radius 1 is 1.08 bits per heavy atom. The van der Waals surface area contributed by atoms with Crippen molar-refractivity contribution in [3.63, 3.8) is 0 Å². The Morgan fingerprint density at radius 2 is 1.79 bits per heavy atom. The monoisotopic (exact) mass is 345 g/mol. The number of benzene rings is 2. The zero-order valence-electron chi connectivity index (χ0n) is 14.3. The summed E-state index contributed by atoms with van der Waals surface area (Å²) in [6.07, 6.45) is 0. The fraction of sp³-hybridized carbons (Fsp3) is 0.368. The minimum atomic E-state index is 0.763. The van der Waals surface area contributed by atoms with Gasteiger partial charge in [-0.2, -0.15) is 0 Å². The van der Waals surface area contributed by atoms with Gasteiger partial charge in [-0.1, -0.05) is 23.7 Å². The Bertz CT molecular complexity index is 667. The van der Waals surface area contributed by atoms with Crippen LogP contribution in [0.5, 0.6) is 0 Å². The summed E-state index contributed by atoms with van der Waals surface area (Å²) in [5.41, 5.74) is 4.57. The summed E-state index contributed by atoms with van der Waals surface area (Å²) in [5.74, 6) is 0. The molecule has 0 saturated carbocycles. The Labute approximate surface area is 149 Å². The summed E-state index contributed by atoms with van der Waals surface area (Å²) in [5, 5.41) is 4.22. The van der Waals surface area contributed by atoms with E-state index in [2.05, 4.69) is 51.5 Å². The van der Waals surface area contributed by atoms with Crippen molar-refractivity contribution in [3.8, 4) is 0 Å². The number of morpholine rings is 1. The topological polar surface area (TPSA) is 27.7 Å². The van der Waals surface area contributed by atoms with Crippen molar-refractivity contribution in [1.82, 2.24) is 0 Å². The van der Waals surface area contributed by atoms with Crippen LogP contribution in [-0.2, 0) is 11.3 Å². The third-order valence-electron chi connectivity index (χ3n) is 4.25. The van der Waals surface area contributed by atoms with Crippen molar-refractivity contribution >= 4 is 28.7 Å². The van der Waals surface area contributed by atoms with Crippen LogP contribution in [0.4, 0.5) is 17.1 Å². The van der Waals surface area contributed by atoms with Crippen LogP contribution in [0.1, 0.15) is 5.56 Å². The quantitative estimate of drug-likeness (QED) is 0.890. The number of hydrogen-bond acceptors (Lipinski definition) is 4. The highest BCUT2D eigenvalue weighted by Crippen LogP contribution is 2.29. The van der Waals surface area contributed by atoms with Crippen LogP contribution >= 0.6 is 11.6 Å². The first-order valence-electron chi connectivity index (χ1n) is 8.26. The summed E-state index contributed by atoms with van der Waals surface area (Å²) < 4.78 is 5.40. The van der Waals surface area contributed by atoms with E-state index in [0.717, 1.165) is 49.2 Å². The molecule has 0 amide bonds. The molecule has 1 heterocycles. The lowest BCUT2D eigenvalue weighted by Gasteiger charge is -2.29. The molecule has 0 spiro atoms. The second-order valence-electron chi connectivity index (χ2n) is 6.18. The highest BCUT2D eigenvalue weighted by Gasteiger charge is 2.14. The average molecular weight is 346 g/mol. The van der Waals surface area contributed by atoms with E-state index >= 15 is 0 Å². The molecule has 1 aliphatic heterocycles. The average Bonchev–Trinajstić information content (AvgIpc) is 2.61. The first kappa shape index (κ1) is 16.9. The molecule has 24 heavy (non-hydrogen) atoms. The molecule has 0 atom stereocenters. The van der Waals surface area contributed by atoms with Crippen molar-refractivity contribution < 1.29 is 4.74 Å². The van der Waals surface area contributed by atoms with Gasteiger partial charge in [0, 0.05) is 45.1 Å². The van der Waals surface area contributed by atoms with Crippen molar-refractivity contribution in [2.75, 3.05) is 55.5 Å². The lowest BCUT2D eigenvalue weighted by Crippen LogP contribution is -2.36. The highest BCUT2D eigenvalue weighted by atomic mass is 35.5. The minimum Gasteiger partial charge on any atom is -0.381 e. The molecule has 128 valence electrons. The molecule has 0 aliphatic carbocycles. The van der Waals surface area contributed by atoms with Gasteiger partial charge >= 0.3 is 0 Å². The van der Waals surface area contributed by atoms with Crippen molar-refractivity contribution in [3.05, 3.63) is 53.1 Å². The second-order valence-corrected chi connectivity index (χ2v) is 6.59. The highest BCUT2D eigenvalue weighted by molar-refractivity contribution is 6.33. The predicted molar refractivity (Wildman–Crippen MR) is 103 cm³/mol. The maximum Gasteiger partial charge on any atom is 0.0660 e. The molecule has 5 heteroatoms. The number of ether oxygens (including phenoxy) is 1. The lowest BCUT2D eigenvalue weighted by molar-refractivity contribution is 0.122. The van der Waals surface area contributed by atoms with E-state index in [1.807, 2.05) is 20.2 Å². The van der Waals surface area contributed by atoms with Gasteiger partial charge in [0.05, 0.1) is 23.9 Å². The molecule has 0 radical (unpaired) electrons. The van der Waals surface area contributed by atoms with Crippen LogP contribution in [0.3, 0.4) is 0 Å². The SMILES string of the molecule is CN(C)c1ccc(CNc2ccc(N3CCOCC3)c(Cl)c2)cc1. The van der Waals surface area contributed by atoms with E-state index < -0.39 is 0 Å². The van der Waals surface area contributed by atoms with Gasteiger partial charge in [-0.3, -0.25) is 0 Å². The summed E-state index contributed by atoms with van der Waals surface area (Å²) in [7, 11) is 4.09. The number of halogens is 1. The van der Waals surface area contributed by atoms with Gasteiger partial charge < -0.3 is 19.9 Å². The molecule has 4 nitrogen and oxygen atoms in total.